The van der Waals surface area contributed by atoms with Crippen molar-refractivity contribution >= 4 is 35.0 Å². The lowest BCUT2D eigenvalue weighted by Gasteiger charge is -2.03. The SMILES string of the molecule is CC(=O)O.CC(=O)O.CC(=O)O.O=[N+]([O-])c1c(O)c([N+](=O)[O-])c(O)c([N+](=O)[O-])c1O. The van der Waals surface area contributed by atoms with Gasteiger partial charge in [-0.25, -0.2) is 0 Å². The third-order valence-electron chi connectivity index (χ3n) is 1.89. The Balaban J connectivity index is -0.000000498. The topological polar surface area (TPSA) is 302 Å². The van der Waals surface area contributed by atoms with Gasteiger partial charge in [-0.05, 0) is 0 Å². The Kier molecular flexibility index (Phi) is 13.4. The Hall–Kier alpha value is -4.77. The molecule has 1 aromatic carbocycles. The molecule has 0 saturated carbocycles. The Bertz CT molecular complexity index is 705. The van der Waals surface area contributed by atoms with E-state index in [1.54, 1.807) is 0 Å². The minimum absolute atomic E-state index is 0.833. The second kappa shape index (κ2) is 13.4. The number of rotatable bonds is 3. The van der Waals surface area contributed by atoms with E-state index in [0.717, 1.165) is 20.8 Å². The molecule has 0 aliphatic carbocycles. The van der Waals surface area contributed by atoms with Gasteiger partial charge in [0.2, 0.25) is 0 Å². The molecule has 0 radical (unpaired) electrons. The molecule has 0 amide bonds. The molecule has 1 rings (SSSR count). The van der Waals surface area contributed by atoms with Gasteiger partial charge >= 0.3 is 17.1 Å². The number of nitro benzene ring substituents is 3. The first-order chi connectivity index (χ1) is 13.4. The van der Waals surface area contributed by atoms with E-state index in [4.69, 9.17) is 29.7 Å². The van der Waals surface area contributed by atoms with Crippen molar-refractivity contribution in [1.29, 1.82) is 0 Å². The van der Waals surface area contributed by atoms with E-state index in [2.05, 4.69) is 0 Å². The van der Waals surface area contributed by atoms with Crippen LogP contribution in [0.1, 0.15) is 20.8 Å². The van der Waals surface area contributed by atoms with Gasteiger partial charge < -0.3 is 30.6 Å². The second-order valence-corrected chi connectivity index (χ2v) is 4.42. The van der Waals surface area contributed by atoms with Crippen LogP contribution in [0.4, 0.5) is 17.1 Å². The van der Waals surface area contributed by atoms with Crippen LogP contribution in [-0.4, -0.2) is 63.3 Å². The summed E-state index contributed by atoms with van der Waals surface area (Å²) in [5.41, 5.74) is -4.90. The molecule has 30 heavy (non-hydrogen) atoms. The number of aliphatic carboxylic acids is 3. The molecule has 0 bridgehead atoms. The number of phenols is 3. The monoisotopic (exact) mass is 441 g/mol. The van der Waals surface area contributed by atoms with Gasteiger partial charge in [-0.1, -0.05) is 0 Å². The van der Waals surface area contributed by atoms with E-state index in [1.807, 2.05) is 0 Å². The molecule has 0 heterocycles. The highest BCUT2D eigenvalue weighted by atomic mass is 16.6. The van der Waals surface area contributed by atoms with Gasteiger partial charge in [0.05, 0.1) is 14.8 Å². The first-order valence-electron chi connectivity index (χ1n) is 6.72. The zero-order valence-electron chi connectivity index (χ0n) is 15.2. The molecule has 1 aromatic rings. The maximum Gasteiger partial charge on any atom is 0.366 e. The summed E-state index contributed by atoms with van der Waals surface area (Å²) < 4.78 is 0. The molecule has 0 spiro atoms. The van der Waals surface area contributed by atoms with Gasteiger partial charge in [-0.2, -0.15) is 0 Å². The van der Waals surface area contributed by atoms with Crippen LogP contribution in [0.2, 0.25) is 0 Å². The second-order valence-electron chi connectivity index (χ2n) is 4.42. The van der Waals surface area contributed by atoms with E-state index < -0.39 is 67.0 Å². The van der Waals surface area contributed by atoms with Gasteiger partial charge in [0, 0.05) is 20.8 Å². The molecule has 168 valence electrons. The number of phenolic OH excluding ortho intramolecular Hbond substituents is 3. The van der Waals surface area contributed by atoms with Crippen molar-refractivity contribution in [2.75, 3.05) is 0 Å². The lowest BCUT2D eigenvalue weighted by atomic mass is 10.2. The number of benzene rings is 1. The Morgan fingerprint density at radius 2 is 0.667 bits per heavy atom. The summed E-state index contributed by atoms with van der Waals surface area (Å²) in [7, 11) is 0. The highest BCUT2D eigenvalue weighted by Crippen LogP contribution is 2.54. The summed E-state index contributed by atoms with van der Waals surface area (Å²) in [6, 6.07) is 0. The summed E-state index contributed by atoms with van der Waals surface area (Å²) in [6.45, 7) is 3.25. The molecule has 0 aromatic heterocycles. The van der Waals surface area contributed by atoms with Crippen molar-refractivity contribution in [3.05, 3.63) is 30.3 Å². The fraction of sp³-hybridized carbons (Fsp3) is 0.250. The van der Waals surface area contributed by atoms with Crippen LogP contribution in [0, 0.1) is 30.3 Å². The minimum Gasteiger partial charge on any atom is -0.497 e. The zero-order chi connectivity index (χ0) is 24.9. The van der Waals surface area contributed by atoms with Gasteiger partial charge in [-0.3, -0.25) is 44.7 Å². The summed E-state index contributed by atoms with van der Waals surface area (Å²) in [6.07, 6.45) is 0. The zero-order valence-corrected chi connectivity index (χ0v) is 15.2. The number of hydrogen-bond donors (Lipinski definition) is 6. The van der Waals surface area contributed by atoms with Crippen LogP contribution in [0.3, 0.4) is 0 Å². The van der Waals surface area contributed by atoms with Gasteiger partial charge in [0.15, 0.2) is 0 Å². The molecule has 0 fully saturated rings. The summed E-state index contributed by atoms with van der Waals surface area (Å²) in [5, 5.41) is 81.2. The maximum absolute atomic E-state index is 10.5. The Morgan fingerprint density at radius 3 is 0.733 bits per heavy atom. The number of nitro groups is 3. The Labute approximate surface area is 164 Å². The number of nitrogens with zero attached hydrogens (tertiary/aromatic N) is 3. The van der Waals surface area contributed by atoms with Crippen LogP contribution < -0.4 is 0 Å². The third kappa shape index (κ3) is 11.8. The summed E-state index contributed by atoms with van der Waals surface area (Å²) in [4.78, 5) is 54.0. The van der Waals surface area contributed by atoms with E-state index in [1.165, 1.54) is 0 Å². The molecule has 0 atom stereocenters. The van der Waals surface area contributed by atoms with E-state index in [9.17, 15) is 45.7 Å². The number of carboxylic acid groups (broad SMARTS) is 3. The lowest BCUT2D eigenvalue weighted by Crippen LogP contribution is -1.99. The average Bonchev–Trinajstić information content (AvgIpc) is 2.43. The lowest BCUT2D eigenvalue weighted by molar-refractivity contribution is -0.407. The molecular weight excluding hydrogens is 426 g/mol. The van der Waals surface area contributed by atoms with Crippen LogP contribution in [0.15, 0.2) is 0 Å². The number of hydrogen-bond acceptors (Lipinski definition) is 12. The molecule has 6 N–H and O–H groups in total. The van der Waals surface area contributed by atoms with Gasteiger partial charge in [-0.15, -0.1) is 0 Å². The highest BCUT2D eigenvalue weighted by Gasteiger charge is 2.43. The van der Waals surface area contributed by atoms with Crippen LogP contribution >= 0.6 is 0 Å². The summed E-state index contributed by atoms with van der Waals surface area (Å²) in [5.74, 6) is -7.53. The number of aromatic hydroxyl groups is 3. The van der Waals surface area contributed by atoms with Crippen molar-refractivity contribution in [2.45, 2.75) is 20.8 Å². The highest BCUT2D eigenvalue weighted by molar-refractivity contribution is 5.81. The first kappa shape index (κ1) is 30.0. The van der Waals surface area contributed by atoms with Gasteiger partial charge in [0.25, 0.3) is 35.2 Å². The largest absolute Gasteiger partial charge is 0.497 e. The first-order valence-corrected chi connectivity index (χ1v) is 6.72. The van der Waals surface area contributed by atoms with Crippen molar-refractivity contribution in [3.63, 3.8) is 0 Å². The molecule has 18 heteroatoms. The fourth-order valence-corrected chi connectivity index (χ4v) is 1.19. The van der Waals surface area contributed by atoms with Crippen LogP contribution in [0.25, 0.3) is 0 Å². The Morgan fingerprint density at radius 1 is 0.567 bits per heavy atom. The fourth-order valence-electron chi connectivity index (χ4n) is 1.19. The molecular formula is C12H15N3O15. The molecule has 0 unspecified atom stereocenters. The van der Waals surface area contributed by atoms with Crippen molar-refractivity contribution < 1.29 is 59.8 Å². The average molecular weight is 441 g/mol. The predicted molar refractivity (Wildman–Crippen MR) is 91.3 cm³/mol. The molecule has 0 saturated heterocycles. The number of carboxylic acids is 3. The van der Waals surface area contributed by atoms with Crippen LogP contribution in [0.5, 0.6) is 17.2 Å². The van der Waals surface area contributed by atoms with Crippen molar-refractivity contribution in [3.8, 4) is 17.2 Å². The smallest absolute Gasteiger partial charge is 0.366 e. The van der Waals surface area contributed by atoms with Crippen LogP contribution in [-0.2, 0) is 14.4 Å². The summed E-state index contributed by atoms with van der Waals surface area (Å²) >= 11 is 0. The predicted octanol–water partition coefficient (Wildman–Crippen LogP) is 0.801. The number of carbonyl (C=O) groups is 3. The van der Waals surface area contributed by atoms with Crippen molar-refractivity contribution in [2.24, 2.45) is 0 Å². The van der Waals surface area contributed by atoms with E-state index >= 15 is 0 Å². The normalized spacial score (nSPS) is 8.50. The molecule has 18 nitrogen and oxygen atoms in total. The quantitative estimate of drug-likeness (QED) is 0.279. The molecule has 0 aliphatic rings. The minimum atomic E-state index is -1.68. The molecule has 0 aliphatic heterocycles. The van der Waals surface area contributed by atoms with E-state index in [0.29, 0.717) is 0 Å². The van der Waals surface area contributed by atoms with Gasteiger partial charge in [0.1, 0.15) is 0 Å². The standard InChI is InChI=1S/C6H3N3O9.3C2H4O2/c10-4-1(7(13)14)5(11)3(9(17)18)6(12)2(4)8(15)16;3*1-2(3)4/h10-12H;3*1H3,(H,3,4). The third-order valence-corrected chi connectivity index (χ3v) is 1.89. The van der Waals surface area contributed by atoms with E-state index in [-0.39, 0.29) is 0 Å². The maximum atomic E-state index is 10.5. The van der Waals surface area contributed by atoms with Crippen molar-refractivity contribution in [1.82, 2.24) is 0 Å².